The molecule has 0 radical (unpaired) electrons. The van der Waals surface area contributed by atoms with E-state index in [2.05, 4.69) is 4.74 Å². The number of ether oxygens (including phenoxy) is 2. The van der Waals surface area contributed by atoms with Crippen molar-refractivity contribution in [3.63, 3.8) is 0 Å². The second-order valence-corrected chi connectivity index (χ2v) is 6.35. The molecule has 0 spiro atoms. The predicted octanol–water partition coefficient (Wildman–Crippen LogP) is -0.555. The van der Waals surface area contributed by atoms with Crippen LogP contribution in [0.2, 0.25) is 0 Å². The van der Waals surface area contributed by atoms with Gasteiger partial charge in [-0.25, -0.2) is 8.42 Å². The van der Waals surface area contributed by atoms with Crippen LogP contribution in [-0.4, -0.2) is 67.9 Å². The van der Waals surface area contributed by atoms with Crippen molar-refractivity contribution in [2.24, 2.45) is 0 Å². The summed E-state index contributed by atoms with van der Waals surface area (Å²) >= 11 is 0. The molecular weight excluding hydrogens is 290 g/mol. The van der Waals surface area contributed by atoms with Crippen LogP contribution in [0.3, 0.4) is 0 Å². The number of hydrogen-bond donors (Lipinski definition) is 1. The van der Waals surface area contributed by atoms with Crippen molar-refractivity contribution in [1.29, 1.82) is 0 Å². The number of aliphatic carboxylic acids is 1. The molecule has 1 atom stereocenters. The quantitative estimate of drug-likeness (QED) is 0.628. The summed E-state index contributed by atoms with van der Waals surface area (Å²) in [6.45, 7) is 2.19. The maximum absolute atomic E-state index is 12.2. The van der Waals surface area contributed by atoms with E-state index in [1.807, 2.05) is 0 Å². The molecule has 9 heteroatoms. The molecule has 1 rings (SSSR count). The molecule has 1 aliphatic rings. The fourth-order valence-electron chi connectivity index (χ4n) is 1.93. The summed E-state index contributed by atoms with van der Waals surface area (Å²) in [7, 11) is -3.70. The Morgan fingerprint density at radius 1 is 1.45 bits per heavy atom. The Balaban J connectivity index is 2.67. The Bertz CT molecular complexity index is 448. The van der Waals surface area contributed by atoms with Crippen LogP contribution in [0.4, 0.5) is 0 Å². The van der Waals surface area contributed by atoms with Crippen LogP contribution in [0.5, 0.6) is 0 Å². The lowest BCUT2D eigenvalue weighted by molar-refractivity contribution is -0.143. The summed E-state index contributed by atoms with van der Waals surface area (Å²) < 4.78 is 35.2. The Morgan fingerprint density at radius 2 is 2.15 bits per heavy atom. The van der Waals surface area contributed by atoms with Gasteiger partial charge in [0.1, 0.15) is 0 Å². The van der Waals surface area contributed by atoms with Crippen molar-refractivity contribution in [2.45, 2.75) is 25.8 Å². The summed E-state index contributed by atoms with van der Waals surface area (Å²) in [6, 6.07) is -0.728. The molecular formula is C11H19NO7S. The number of rotatable bonds is 7. The van der Waals surface area contributed by atoms with Crippen molar-refractivity contribution in [3.05, 3.63) is 0 Å². The van der Waals surface area contributed by atoms with E-state index in [1.54, 1.807) is 6.92 Å². The normalized spacial score (nSPS) is 20.6. The summed E-state index contributed by atoms with van der Waals surface area (Å²) in [6.07, 6.45) is -0.564. The van der Waals surface area contributed by atoms with Crippen LogP contribution in [0.25, 0.3) is 0 Å². The molecule has 0 aromatic rings. The molecule has 1 fully saturated rings. The minimum atomic E-state index is -3.70. The van der Waals surface area contributed by atoms with Crippen molar-refractivity contribution in [2.75, 3.05) is 32.1 Å². The number of carboxylic acid groups (broad SMARTS) is 1. The third kappa shape index (κ3) is 5.06. The first-order chi connectivity index (χ1) is 9.36. The molecule has 1 unspecified atom stereocenters. The van der Waals surface area contributed by atoms with Crippen molar-refractivity contribution in [3.8, 4) is 0 Å². The van der Waals surface area contributed by atoms with Crippen molar-refractivity contribution in [1.82, 2.24) is 4.31 Å². The summed E-state index contributed by atoms with van der Waals surface area (Å²) in [5.41, 5.74) is 0. The van der Waals surface area contributed by atoms with Crippen LogP contribution < -0.4 is 0 Å². The zero-order chi connectivity index (χ0) is 15.2. The van der Waals surface area contributed by atoms with Crippen molar-refractivity contribution < 1.29 is 32.6 Å². The fraction of sp³-hybridized carbons (Fsp3) is 0.818. The third-order valence-electron chi connectivity index (χ3n) is 2.81. The van der Waals surface area contributed by atoms with Crippen molar-refractivity contribution >= 4 is 22.0 Å². The Kier molecular flexibility index (Phi) is 6.37. The fourth-order valence-corrected chi connectivity index (χ4v) is 3.53. The SMILES string of the molecule is CCOC(=O)CCS(=O)(=O)N1CCOCC1CC(=O)O. The standard InChI is InChI=1S/C11H19NO7S/c1-2-19-11(15)3-6-20(16,17)12-4-5-18-8-9(12)7-10(13)14/h9H,2-8H2,1H3,(H,13,14). The monoisotopic (exact) mass is 309 g/mol. The lowest BCUT2D eigenvalue weighted by atomic mass is 10.2. The zero-order valence-electron chi connectivity index (χ0n) is 11.3. The van der Waals surface area contributed by atoms with Gasteiger partial charge < -0.3 is 14.6 Å². The van der Waals surface area contributed by atoms with Gasteiger partial charge in [0.15, 0.2) is 0 Å². The van der Waals surface area contributed by atoms with Crippen LogP contribution >= 0.6 is 0 Å². The first-order valence-corrected chi connectivity index (χ1v) is 7.92. The van der Waals surface area contributed by atoms with E-state index in [-0.39, 0.29) is 45.0 Å². The molecule has 1 aliphatic heterocycles. The van der Waals surface area contributed by atoms with E-state index < -0.39 is 28.0 Å². The van der Waals surface area contributed by atoms with Gasteiger partial charge in [-0.3, -0.25) is 9.59 Å². The Labute approximate surface area is 117 Å². The third-order valence-corrected chi connectivity index (χ3v) is 4.73. The van der Waals surface area contributed by atoms with E-state index in [1.165, 1.54) is 0 Å². The highest BCUT2D eigenvalue weighted by atomic mass is 32.2. The number of carboxylic acids is 1. The van der Waals surface area contributed by atoms with Crippen LogP contribution in [0, 0.1) is 0 Å². The molecule has 0 aromatic carbocycles. The predicted molar refractivity (Wildman–Crippen MR) is 68.6 cm³/mol. The maximum atomic E-state index is 12.2. The first kappa shape index (κ1) is 16.9. The summed E-state index contributed by atoms with van der Waals surface area (Å²) in [5, 5.41) is 8.79. The molecule has 1 heterocycles. The highest BCUT2D eigenvalue weighted by Crippen LogP contribution is 2.16. The minimum absolute atomic E-state index is 0.0466. The molecule has 1 saturated heterocycles. The Morgan fingerprint density at radius 3 is 2.75 bits per heavy atom. The molecule has 1 N–H and O–H groups in total. The van der Waals surface area contributed by atoms with Gasteiger partial charge in [-0.2, -0.15) is 4.31 Å². The van der Waals surface area contributed by atoms with Crippen LogP contribution in [0.1, 0.15) is 19.8 Å². The van der Waals surface area contributed by atoms with E-state index in [0.717, 1.165) is 4.31 Å². The maximum Gasteiger partial charge on any atom is 0.306 e. The van der Waals surface area contributed by atoms with Crippen LogP contribution in [-0.2, 0) is 29.1 Å². The molecule has 0 aromatic heterocycles. The highest BCUT2D eigenvalue weighted by molar-refractivity contribution is 7.89. The number of hydrogen-bond acceptors (Lipinski definition) is 6. The van der Waals surface area contributed by atoms with Gasteiger partial charge in [0.25, 0.3) is 0 Å². The van der Waals surface area contributed by atoms with E-state index in [0.29, 0.717) is 0 Å². The number of carbonyl (C=O) groups is 2. The lowest BCUT2D eigenvalue weighted by Gasteiger charge is -2.33. The summed E-state index contributed by atoms with van der Waals surface area (Å²) in [4.78, 5) is 21.9. The summed E-state index contributed by atoms with van der Waals surface area (Å²) in [5.74, 6) is -2.06. The number of nitrogens with zero attached hydrogens (tertiary/aromatic N) is 1. The van der Waals surface area contributed by atoms with Gasteiger partial charge >= 0.3 is 11.9 Å². The average Bonchev–Trinajstić information content (AvgIpc) is 2.37. The van der Waals surface area contributed by atoms with E-state index in [9.17, 15) is 18.0 Å². The van der Waals surface area contributed by atoms with Gasteiger partial charge in [-0.05, 0) is 6.92 Å². The zero-order valence-corrected chi connectivity index (χ0v) is 12.1. The number of morpholine rings is 1. The molecule has 0 saturated carbocycles. The smallest absolute Gasteiger partial charge is 0.306 e. The first-order valence-electron chi connectivity index (χ1n) is 6.31. The second kappa shape index (κ2) is 7.55. The highest BCUT2D eigenvalue weighted by Gasteiger charge is 2.34. The number of sulfonamides is 1. The van der Waals surface area contributed by atoms with Gasteiger partial charge in [-0.1, -0.05) is 0 Å². The van der Waals surface area contributed by atoms with Crippen LogP contribution in [0.15, 0.2) is 0 Å². The minimum Gasteiger partial charge on any atom is -0.481 e. The van der Waals surface area contributed by atoms with Gasteiger partial charge in [-0.15, -0.1) is 0 Å². The molecule has 8 nitrogen and oxygen atoms in total. The largest absolute Gasteiger partial charge is 0.481 e. The van der Waals surface area contributed by atoms with E-state index >= 15 is 0 Å². The van der Waals surface area contributed by atoms with E-state index in [4.69, 9.17) is 9.84 Å². The molecule has 0 aliphatic carbocycles. The molecule has 20 heavy (non-hydrogen) atoms. The van der Waals surface area contributed by atoms with Gasteiger partial charge in [0.2, 0.25) is 10.0 Å². The molecule has 0 amide bonds. The second-order valence-electron chi connectivity index (χ2n) is 4.31. The lowest BCUT2D eigenvalue weighted by Crippen LogP contribution is -2.50. The average molecular weight is 309 g/mol. The number of esters is 1. The molecule has 116 valence electrons. The number of carbonyl (C=O) groups excluding carboxylic acids is 1. The van der Waals surface area contributed by atoms with Gasteiger partial charge in [0, 0.05) is 6.54 Å². The topological polar surface area (TPSA) is 110 Å². The Hall–Kier alpha value is -1.19. The van der Waals surface area contributed by atoms with Gasteiger partial charge in [0.05, 0.1) is 44.5 Å². The molecule has 0 bridgehead atoms.